The highest BCUT2D eigenvalue weighted by atomic mass is 79.9. The smallest absolute Gasteiger partial charge is 0.158 e. The summed E-state index contributed by atoms with van der Waals surface area (Å²) < 4.78 is 2.91. The van der Waals surface area contributed by atoms with Gasteiger partial charge < -0.3 is 0 Å². The van der Waals surface area contributed by atoms with Gasteiger partial charge in [-0.25, -0.2) is 9.50 Å². The second kappa shape index (κ2) is 2.54. The zero-order valence-corrected chi connectivity index (χ0v) is 8.53. The van der Waals surface area contributed by atoms with E-state index in [1.165, 1.54) is 18.4 Å². The highest BCUT2D eigenvalue weighted by Crippen LogP contribution is 2.42. The van der Waals surface area contributed by atoms with Crippen molar-refractivity contribution in [2.45, 2.75) is 18.8 Å². The van der Waals surface area contributed by atoms with E-state index in [-0.39, 0.29) is 0 Å². The minimum atomic E-state index is 0.712. The number of halogens is 1. The van der Waals surface area contributed by atoms with Crippen molar-refractivity contribution in [2.24, 2.45) is 0 Å². The molecular weight excluding hydrogens is 230 g/mol. The number of aromatic nitrogens is 3. The Balaban J connectivity index is 2.33. The van der Waals surface area contributed by atoms with Crippen molar-refractivity contribution in [1.29, 1.82) is 0 Å². The van der Waals surface area contributed by atoms with Gasteiger partial charge in [-0.2, -0.15) is 5.10 Å². The van der Waals surface area contributed by atoms with Crippen LogP contribution in [0.15, 0.2) is 23.1 Å². The molecule has 0 aliphatic heterocycles. The molecule has 0 radical (unpaired) electrons. The molecular formula is C9H8BrN3. The van der Waals surface area contributed by atoms with Crippen LogP contribution in [0.5, 0.6) is 0 Å². The molecule has 0 unspecified atom stereocenters. The van der Waals surface area contributed by atoms with Gasteiger partial charge in [-0.05, 0) is 40.8 Å². The summed E-state index contributed by atoms with van der Waals surface area (Å²) in [5.41, 5.74) is 2.33. The number of hydrogen-bond acceptors (Lipinski definition) is 2. The molecule has 1 fully saturated rings. The molecule has 1 aliphatic rings. The molecule has 13 heavy (non-hydrogen) atoms. The Kier molecular flexibility index (Phi) is 1.47. The molecule has 0 spiro atoms. The van der Waals surface area contributed by atoms with Crippen LogP contribution >= 0.6 is 15.9 Å². The molecule has 0 atom stereocenters. The molecule has 3 rings (SSSR count). The van der Waals surface area contributed by atoms with Crippen molar-refractivity contribution in [3.05, 3.63) is 28.6 Å². The quantitative estimate of drug-likeness (QED) is 0.763. The highest BCUT2D eigenvalue weighted by molar-refractivity contribution is 9.10. The average molecular weight is 238 g/mol. The third-order valence-electron chi connectivity index (χ3n) is 2.39. The molecule has 1 saturated carbocycles. The Morgan fingerprint density at radius 3 is 3.08 bits per heavy atom. The number of rotatable bonds is 1. The number of nitrogens with zero attached hydrogens (tertiary/aromatic N) is 3. The van der Waals surface area contributed by atoms with Crippen LogP contribution in [-0.4, -0.2) is 14.6 Å². The molecule has 3 nitrogen and oxygen atoms in total. The fourth-order valence-corrected chi connectivity index (χ4v) is 2.05. The van der Waals surface area contributed by atoms with Crippen molar-refractivity contribution < 1.29 is 0 Å². The van der Waals surface area contributed by atoms with Crippen LogP contribution in [0.25, 0.3) is 5.65 Å². The van der Waals surface area contributed by atoms with E-state index in [0.717, 1.165) is 10.1 Å². The predicted molar refractivity (Wildman–Crippen MR) is 52.7 cm³/mol. The average Bonchev–Trinajstić information content (AvgIpc) is 2.84. The Morgan fingerprint density at radius 1 is 1.46 bits per heavy atom. The SMILES string of the molecule is Brc1cc(C2CC2)c2ncnn2c1. The number of pyridine rings is 1. The topological polar surface area (TPSA) is 30.2 Å². The molecule has 1 aliphatic carbocycles. The van der Waals surface area contributed by atoms with Gasteiger partial charge in [0.25, 0.3) is 0 Å². The number of hydrogen-bond donors (Lipinski definition) is 0. The van der Waals surface area contributed by atoms with E-state index in [0.29, 0.717) is 5.92 Å². The maximum absolute atomic E-state index is 4.25. The third-order valence-corrected chi connectivity index (χ3v) is 2.82. The molecule has 4 heteroatoms. The van der Waals surface area contributed by atoms with Crippen LogP contribution in [0.3, 0.4) is 0 Å². The monoisotopic (exact) mass is 237 g/mol. The Bertz CT molecular complexity index is 459. The lowest BCUT2D eigenvalue weighted by molar-refractivity contribution is 0.939. The first kappa shape index (κ1) is 7.50. The van der Waals surface area contributed by atoms with Crippen molar-refractivity contribution in [3.63, 3.8) is 0 Å². The Morgan fingerprint density at radius 2 is 2.31 bits per heavy atom. The van der Waals surface area contributed by atoms with Gasteiger partial charge >= 0.3 is 0 Å². The lowest BCUT2D eigenvalue weighted by atomic mass is 10.2. The molecule has 2 aromatic rings. The summed E-state index contributed by atoms with van der Waals surface area (Å²) in [7, 11) is 0. The first-order valence-electron chi connectivity index (χ1n) is 4.33. The third kappa shape index (κ3) is 1.16. The van der Waals surface area contributed by atoms with E-state index in [4.69, 9.17) is 0 Å². The van der Waals surface area contributed by atoms with E-state index < -0.39 is 0 Å². The minimum Gasteiger partial charge on any atom is -0.220 e. The van der Waals surface area contributed by atoms with Crippen LogP contribution in [0.2, 0.25) is 0 Å². The summed E-state index contributed by atoms with van der Waals surface area (Å²) in [6, 6.07) is 2.15. The van der Waals surface area contributed by atoms with Crippen LogP contribution < -0.4 is 0 Å². The molecule has 0 N–H and O–H groups in total. The summed E-state index contributed by atoms with van der Waals surface area (Å²) in [5.74, 6) is 0.712. The van der Waals surface area contributed by atoms with Crippen LogP contribution in [0, 0.1) is 0 Å². The predicted octanol–water partition coefficient (Wildman–Crippen LogP) is 2.37. The molecule has 0 amide bonds. The minimum absolute atomic E-state index is 0.712. The van der Waals surface area contributed by atoms with Gasteiger partial charge in [-0.1, -0.05) is 0 Å². The zero-order valence-electron chi connectivity index (χ0n) is 6.94. The summed E-state index contributed by atoms with van der Waals surface area (Å²) in [4.78, 5) is 4.25. The summed E-state index contributed by atoms with van der Waals surface area (Å²) >= 11 is 3.48. The van der Waals surface area contributed by atoms with Gasteiger partial charge in [0.15, 0.2) is 5.65 Å². The summed E-state index contributed by atoms with van der Waals surface area (Å²) in [6.45, 7) is 0. The van der Waals surface area contributed by atoms with Crippen molar-refractivity contribution in [1.82, 2.24) is 14.6 Å². The van der Waals surface area contributed by atoms with E-state index >= 15 is 0 Å². The molecule has 0 aromatic carbocycles. The zero-order chi connectivity index (χ0) is 8.84. The van der Waals surface area contributed by atoms with Crippen molar-refractivity contribution in [2.75, 3.05) is 0 Å². The second-order valence-electron chi connectivity index (χ2n) is 3.42. The Hall–Kier alpha value is -0.900. The Labute approximate surface area is 83.9 Å². The molecule has 2 heterocycles. The van der Waals surface area contributed by atoms with E-state index in [1.807, 2.05) is 10.7 Å². The van der Waals surface area contributed by atoms with E-state index in [2.05, 4.69) is 32.1 Å². The first-order chi connectivity index (χ1) is 6.34. The van der Waals surface area contributed by atoms with Gasteiger partial charge in [-0.3, -0.25) is 0 Å². The van der Waals surface area contributed by atoms with E-state index in [9.17, 15) is 0 Å². The van der Waals surface area contributed by atoms with Crippen LogP contribution in [0.4, 0.5) is 0 Å². The van der Waals surface area contributed by atoms with E-state index in [1.54, 1.807) is 6.33 Å². The lowest BCUT2D eigenvalue weighted by Crippen LogP contribution is -1.92. The maximum Gasteiger partial charge on any atom is 0.158 e. The second-order valence-corrected chi connectivity index (χ2v) is 4.33. The molecule has 0 bridgehead atoms. The van der Waals surface area contributed by atoms with Crippen LogP contribution in [0.1, 0.15) is 24.3 Å². The van der Waals surface area contributed by atoms with Crippen LogP contribution in [-0.2, 0) is 0 Å². The molecule has 0 saturated heterocycles. The van der Waals surface area contributed by atoms with Gasteiger partial charge in [0.05, 0.1) is 0 Å². The van der Waals surface area contributed by atoms with Gasteiger partial charge in [-0.15, -0.1) is 0 Å². The standard InChI is InChI=1S/C9H8BrN3/c10-7-3-8(6-1-2-6)9-11-5-12-13(9)4-7/h3-6H,1-2H2. The maximum atomic E-state index is 4.25. The number of fused-ring (bicyclic) bond motifs is 1. The van der Waals surface area contributed by atoms with Gasteiger partial charge in [0.1, 0.15) is 6.33 Å². The van der Waals surface area contributed by atoms with Gasteiger partial charge in [0.2, 0.25) is 0 Å². The lowest BCUT2D eigenvalue weighted by Gasteiger charge is -2.01. The fraction of sp³-hybridized carbons (Fsp3) is 0.333. The van der Waals surface area contributed by atoms with Crippen molar-refractivity contribution >= 4 is 21.6 Å². The molecule has 2 aromatic heterocycles. The van der Waals surface area contributed by atoms with Crippen molar-refractivity contribution in [3.8, 4) is 0 Å². The summed E-state index contributed by atoms with van der Waals surface area (Å²) in [5, 5.41) is 4.13. The fourth-order valence-electron chi connectivity index (χ4n) is 1.61. The highest BCUT2D eigenvalue weighted by Gasteiger charge is 2.26. The largest absolute Gasteiger partial charge is 0.220 e. The summed E-state index contributed by atoms with van der Waals surface area (Å²) in [6.07, 6.45) is 6.12. The molecule has 66 valence electrons. The van der Waals surface area contributed by atoms with Gasteiger partial charge in [0, 0.05) is 16.2 Å². The first-order valence-corrected chi connectivity index (χ1v) is 5.12. The normalized spacial score (nSPS) is 16.7.